The van der Waals surface area contributed by atoms with Crippen LogP contribution in [0.4, 0.5) is 0 Å². The summed E-state index contributed by atoms with van der Waals surface area (Å²) in [6.07, 6.45) is 0. The van der Waals surface area contributed by atoms with Crippen LogP contribution in [0.3, 0.4) is 0 Å². The third-order valence-corrected chi connectivity index (χ3v) is 10.8. The molecule has 11 aromatic rings. The average Bonchev–Trinajstić information content (AvgIpc) is 3.61. The van der Waals surface area contributed by atoms with Gasteiger partial charge >= 0.3 is 0 Å². The lowest BCUT2D eigenvalue weighted by Crippen LogP contribution is -2.00. The van der Waals surface area contributed by atoms with Gasteiger partial charge in [-0.05, 0) is 62.3 Å². The van der Waals surface area contributed by atoms with Gasteiger partial charge in [0.1, 0.15) is 0 Å². The Hall–Kier alpha value is -7.43. The Labute approximate surface area is 317 Å². The molecular weight excluding hydrogens is 669 g/mol. The van der Waals surface area contributed by atoms with Crippen molar-refractivity contribution < 1.29 is 0 Å². The van der Waals surface area contributed by atoms with Crippen molar-refractivity contribution in [2.75, 3.05) is 0 Å². The minimum absolute atomic E-state index is 0.644. The van der Waals surface area contributed by atoms with Gasteiger partial charge in [-0.2, -0.15) is 0 Å². The minimum atomic E-state index is 0.644. The fourth-order valence-corrected chi connectivity index (χ4v) is 8.31. The Kier molecular flexibility index (Phi) is 7.14. The molecule has 11 rings (SSSR count). The summed E-state index contributed by atoms with van der Waals surface area (Å²) in [5.41, 5.74) is 8.61. The molecular formula is C51H32N4. The van der Waals surface area contributed by atoms with Crippen molar-refractivity contribution in [3.05, 3.63) is 194 Å². The zero-order valence-electron chi connectivity index (χ0n) is 29.8. The summed E-state index contributed by atoms with van der Waals surface area (Å²) >= 11 is 0. The van der Waals surface area contributed by atoms with Gasteiger partial charge in [-0.3, -0.25) is 0 Å². The second-order valence-electron chi connectivity index (χ2n) is 14.0. The highest BCUT2D eigenvalue weighted by atomic mass is 15.0. The van der Waals surface area contributed by atoms with Crippen molar-refractivity contribution in [3.8, 4) is 51.0 Å². The fourth-order valence-electron chi connectivity index (χ4n) is 8.31. The van der Waals surface area contributed by atoms with Gasteiger partial charge in [0, 0.05) is 38.5 Å². The normalized spacial score (nSPS) is 11.6. The lowest BCUT2D eigenvalue weighted by Gasteiger charge is -2.13. The van der Waals surface area contributed by atoms with E-state index in [1.54, 1.807) is 0 Å². The number of rotatable bonds is 5. The zero-order chi connectivity index (χ0) is 36.3. The van der Waals surface area contributed by atoms with Gasteiger partial charge in [0.05, 0.1) is 11.0 Å². The van der Waals surface area contributed by atoms with Crippen LogP contribution in [-0.2, 0) is 0 Å². The number of hydrogen-bond donors (Lipinski definition) is 0. The van der Waals surface area contributed by atoms with Gasteiger partial charge in [-0.1, -0.05) is 170 Å². The van der Waals surface area contributed by atoms with E-state index >= 15 is 0 Å². The van der Waals surface area contributed by atoms with Gasteiger partial charge in [-0.25, -0.2) is 15.0 Å². The number of benzene rings is 9. The molecule has 4 nitrogen and oxygen atoms in total. The smallest absolute Gasteiger partial charge is 0.164 e. The number of para-hydroxylation sites is 1. The molecule has 2 aromatic heterocycles. The third-order valence-electron chi connectivity index (χ3n) is 10.8. The number of hydrogen-bond acceptors (Lipinski definition) is 3. The maximum atomic E-state index is 4.94. The molecule has 55 heavy (non-hydrogen) atoms. The largest absolute Gasteiger partial charge is 0.309 e. The first-order valence-corrected chi connectivity index (χ1v) is 18.6. The van der Waals surface area contributed by atoms with Crippen molar-refractivity contribution in [1.29, 1.82) is 0 Å². The summed E-state index contributed by atoms with van der Waals surface area (Å²) in [6, 6.07) is 68.7. The first-order valence-electron chi connectivity index (χ1n) is 18.6. The van der Waals surface area contributed by atoms with Crippen LogP contribution in [0, 0.1) is 0 Å². The monoisotopic (exact) mass is 700 g/mol. The van der Waals surface area contributed by atoms with Crippen LogP contribution in [0.15, 0.2) is 194 Å². The Morgan fingerprint density at radius 1 is 0.273 bits per heavy atom. The minimum Gasteiger partial charge on any atom is -0.309 e. The molecule has 0 saturated heterocycles. The van der Waals surface area contributed by atoms with Gasteiger partial charge in [0.15, 0.2) is 17.5 Å². The lowest BCUT2D eigenvalue weighted by atomic mass is 9.92. The number of nitrogens with zero attached hydrogens (tertiary/aromatic N) is 4. The molecule has 0 aliphatic heterocycles. The molecule has 9 aromatic carbocycles. The van der Waals surface area contributed by atoms with Crippen molar-refractivity contribution in [1.82, 2.24) is 19.5 Å². The highest BCUT2D eigenvalue weighted by molar-refractivity contribution is 6.35. The van der Waals surface area contributed by atoms with Crippen LogP contribution in [0.1, 0.15) is 0 Å². The topological polar surface area (TPSA) is 43.6 Å². The van der Waals surface area contributed by atoms with Crippen molar-refractivity contribution in [2.45, 2.75) is 0 Å². The van der Waals surface area contributed by atoms with Crippen LogP contribution in [0.25, 0.3) is 105 Å². The highest BCUT2D eigenvalue weighted by Crippen LogP contribution is 2.43. The van der Waals surface area contributed by atoms with Crippen LogP contribution in [0.5, 0.6) is 0 Å². The van der Waals surface area contributed by atoms with Gasteiger partial charge < -0.3 is 4.57 Å². The van der Waals surface area contributed by atoms with Crippen molar-refractivity contribution in [2.24, 2.45) is 0 Å². The summed E-state index contributed by atoms with van der Waals surface area (Å²) in [5.74, 6) is 1.95. The SMILES string of the molecule is c1ccc(-c2nc(-c3ccccc3)nc(-c3ccc(-c4cccc(-n5c6ccccc6c6c7c8ccccc8c8ccccc8c7ccc65)c4)cc3)n2)cc1. The standard InChI is InChI=1S/C51H32N4/c1-3-14-34(15-4-1)49-52-50(35-16-5-2-6-17-35)54-51(53-49)36-28-26-33(27-29-36)37-18-13-19-38(32-37)55-45-25-12-11-24-44(45)48-46(55)31-30-43-41-22-8-7-20-39(41)40-21-9-10-23-42(40)47(43)48/h1-32H. The van der Waals surface area contributed by atoms with Crippen molar-refractivity contribution in [3.63, 3.8) is 0 Å². The number of fused-ring (bicyclic) bond motifs is 10. The highest BCUT2D eigenvalue weighted by Gasteiger charge is 2.19. The van der Waals surface area contributed by atoms with E-state index in [-0.39, 0.29) is 0 Å². The molecule has 4 heteroatoms. The Balaban J connectivity index is 1.04. The Morgan fingerprint density at radius 3 is 1.35 bits per heavy atom. The first kappa shape index (κ1) is 31.1. The molecule has 0 aliphatic carbocycles. The summed E-state index contributed by atoms with van der Waals surface area (Å²) in [7, 11) is 0. The summed E-state index contributed by atoms with van der Waals surface area (Å²) < 4.78 is 2.42. The zero-order valence-corrected chi connectivity index (χ0v) is 29.8. The molecule has 2 heterocycles. The van der Waals surface area contributed by atoms with E-state index in [1.807, 2.05) is 60.7 Å². The van der Waals surface area contributed by atoms with Crippen LogP contribution >= 0.6 is 0 Å². The van der Waals surface area contributed by atoms with E-state index in [0.717, 1.165) is 33.5 Å². The quantitative estimate of drug-likeness (QED) is 0.168. The average molecular weight is 701 g/mol. The predicted octanol–water partition coefficient (Wildman–Crippen LogP) is 13.1. The second kappa shape index (κ2) is 12.6. The molecule has 0 N–H and O–H groups in total. The van der Waals surface area contributed by atoms with Crippen molar-refractivity contribution >= 4 is 54.1 Å². The van der Waals surface area contributed by atoms with E-state index in [1.165, 1.54) is 54.1 Å². The third kappa shape index (κ3) is 5.11. The van der Waals surface area contributed by atoms with E-state index < -0.39 is 0 Å². The molecule has 0 radical (unpaired) electrons. The van der Waals surface area contributed by atoms with Gasteiger partial charge in [0.2, 0.25) is 0 Å². The molecule has 0 aliphatic rings. The van der Waals surface area contributed by atoms with E-state index in [2.05, 4.69) is 138 Å². The molecule has 0 bridgehead atoms. The molecule has 0 atom stereocenters. The molecule has 0 spiro atoms. The lowest BCUT2D eigenvalue weighted by molar-refractivity contribution is 1.07. The number of aromatic nitrogens is 4. The van der Waals surface area contributed by atoms with Crippen LogP contribution in [-0.4, -0.2) is 19.5 Å². The van der Waals surface area contributed by atoms with Gasteiger partial charge in [-0.15, -0.1) is 0 Å². The van der Waals surface area contributed by atoms with E-state index in [4.69, 9.17) is 15.0 Å². The molecule has 0 saturated carbocycles. The van der Waals surface area contributed by atoms with Crippen LogP contribution in [0.2, 0.25) is 0 Å². The Morgan fingerprint density at radius 2 is 0.727 bits per heavy atom. The molecule has 0 unspecified atom stereocenters. The van der Waals surface area contributed by atoms with E-state index in [9.17, 15) is 0 Å². The summed E-state index contributed by atoms with van der Waals surface area (Å²) in [4.78, 5) is 14.7. The summed E-state index contributed by atoms with van der Waals surface area (Å²) in [6.45, 7) is 0. The molecule has 256 valence electrons. The maximum Gasteiger partial charge on any atom is 0.164 e. The first-order chi connectivity index (χ1) is 27.3. The summed E-state index contributed by atoms with van der Waals surface area (Å²) in [5, 5.41) is 10.3. The fraction of sp³-hybridized carbons (Fsp3) is 0. The Bertz CT molecular complexity index is 3150. The van der Waals surface area contributed by atoms with E-state index in [0.29, 0.717) is 17.5 Å². The second-order valence-corrected chi connectivity index (χ2v) is 14.0. The molecule has 0 amide bonds. The van der Waals surface area contributed by atoms with Gasteiger partial charge in [0.25, 0.3) is 0 Å². The maximum absolute atomic E-state index is 4.94. The molecule has 0 fully saturated rings. The predicted molar refractivity (Wildman–Crippen MR) is 228 cm³/mol. The van der Waals surface area contributed by atoms with Crippen LogP contribution < -0.4 is 0 Å².